The summed E-state index contributed by atoms with van der Waals surface area (Å²) >= 11 is 0. The fourth-order valence-corrected chi connectivity index (χ4v) is 7.33. The van der Waals surface area contributed by atoms with E-state index in [1.165, 1.54) is 18.2 Å². The predicted octanol–water partition coefficient (Wildman–Crippen LogP) is 5.93. The number of hydrogen-bond acceptors (Lipinski definition) is 3. The lowest BCUT2D eigenvalue weighted by Crippen LogP contribution is -2.42. The molecule has 3 aromatic carbocycles. The molecular weight excluding hydrogens is 453 g/mol. The van der Waals surface area contributed by atoms with Crippen molar-refractivity contribution < 1.29 is 18.8 Å². The highest BCUT2D eigenvalue weighted by Gasteiger charge is 2.80. The lowest BCUT2D eigenvalue weighted by molar-refractivity contribution is -0.134. The molecule has 5 heteroatoms. The van der Waals surface area contributed by atoms with Crippen molar-refractivity contribution in [2.24, 2.45) is 22.7 Å². The van der Waals surface area contributed by atoms with Crippen molar-refractivity contribution in [1.82, 2.24) is 0 Å². The van der Waals surface area contributed by atoms with Gasteiger partial charge in [0.05, 0.1) is 28.4 Å². The number of benzene rings is 3. The van der Waals surface area contributed by atoms with Gasteiger partial charge in [-0.2, -0.15) is 0 Å². The minimum absolute atomic E-state index is 0.0474. The zero-order valence-corrected chi connectivity index (χ0v) is 20.2. The lowest BCUT2D eigenvalue weighted by atomic mass is 9.60. The molecule has 3 aromatic rings. The first kappa shape index (κ1) is 22.6. The van der Waals surface area contributed by atoms with Crippen molar-refractivity contribution in [2.75, 3.05) is 4.90 Å². The van der Waals surface area contributed by atoms with Gasteiger partial charge in [-0.15, -0.1) is 0 Å². The zero-order chi connectivity index (χ0) is 25.2. The number of imide groups is 1. The van der Waals surface area contributed by atoms with E-state index in [-0.39, 0.29) is 11.5 Å². The Hall–Kier alpha value is -3.86. The molecule has 2 amide bonds. The fourth-order valence-electron chi connectivity index (χ4n) is 7.33. The standard InChI is InChI=1S/C31H26FNO3/c1-3-30-23(19-13-7-5-8-14-19)24(20-15-9-6-10-16-20)31(4-2,29(30)36)26-25(30)27(34)33(28(26)35)22-18-12-11-17-21(22)32/h5-18,25-26H,3-4H2,1-2H3/t25-,26-,30-,31-/m0/s1. The van der Waals surface area contributed by atoms with Gasteiger partial charge in [0.25, 0.3) is 0 Å². The van der Waals surface area contributed by atoms with Crippen LogP contribution in [0.15, 0.2) is 84.9 Å². The Labute approximate surface area is 209 Å². The second-order valence-corrected chi connectivity index (χ2v) is 9.88. The number of Topliss-reactive ketones (excluding diaryl/α,β-unsaturated/α-hetero) is 1. The van der Waals surface area contributed by atoms with Crippen LogP contribution >= 0.6 is 0 Å². The number of amides is 2. The van der Waals surface area contributed by atoms with Crippen LogP contribution in [-0.2, 0) is 14.4 Å². The molecule has 0 spiro atoms. The van der Waals surface area contributed by atoms with Gasteiger partial charge in [-0.3, -0.25) is 14.4 Å². The van der Waals surface area contributed by atoms with Crippen molar-refractivity contribution in [3.05, 3.63) is 102 Å². The SMILES string of the molecule is CC[C@]12C(=O)[C@@](CC)(C(c3ccccc3)=C1c1ccccc1)[C@@H]1C(=O)N(c3ccccc3F)C(=O)[C@H]12. The number of para-hydroxylation sites is 1. The van der Waals surface area contributed by atoms with Crippen LogP contribution in [0.25, 0.3) is 11.1 Å². The molecule has 1 saturated carbocycles. The normalized spacial score (nSPS) is 28.9. The summed E-state index contributed by atoms with van der Waals surface area (Å²) in [6.45, 7) is 3.84. The van der Waals surface area contributed by atoms with Gasteiger partial charge >= 0.3 is 0 Å². The maximum Gasteiger partial charge on any atom is 0.239 e. The first-order chi connectivity index (χ1) is 17.4. The first-order valence-electron chi connectivity index (χ1n) is 12.5. The van der Waals surface area contributed by atoms with Gasteiger partial charge in [0.15, 0.2) is 5.78 Å². The summed E-state index contributed by atoms with van der Waals surface area (Å²) in [6.07, 6.45) is 0.749. The van der Waals surface area contributed by atoms with E-state index in [9.17, 15) is 18.8 Å². The summed E-state index contributed by atoms with van der Waals surface area (Å²) in [5.41, 5.74) is 1.05. The molecule has 6 rings (SSSR count). The van der Waals surface area contributed by atoms with E-state index in [0.29, 0.717) is 12.8 Å². The van der Waals surface area contributed by atoms with Crippen LogP contribution in [0, 0.1) is 28.5 Å². The molecule has 1 saturated heterocycles. The Morgan fingerprint density at radius 3 is 1.50 bits per heavy atom. The van der Waals surface area contributed by atoms with Gasteiger partial charge in [0.1, 0.15) is 5.82 Å². The third-order valence-corrected chi connectivity index (χ3v) is 8.65. The summed E-state index contributed by atoms with van der Waals surface area (Å²) in [5.74, 6) is -3.40. The third-order valence-electron chi connectivity index (χ3n) is 8.65. The van der Waals surface area contributed by atoms with E-state index >= 15 is 0 Å². The molecule has 2 aliphatic carbocycles. The number of rotatable bonds is 5. The highest BCUT2D eigenvalue weighted by atomic mass is 19.1. The first-order valence-corrected chi connectivity index (χ1v) is 12.5. The average Bonchev–Trinajstić information content (AvgIpc) is 3.41. The highest BCUT2D eigenvalue weighted by Crippen LogP contribution is 2.75. The molecule has 4 nitrogen and oxygen atoms in total. The van der Waals surface area contributed by atoms with Crippen LogP contribution in [0.3, 0.4) is 0 Å². The molecule has 0 aromatic heterocycles. The maximum absolute atomic E-state index is 14.9. The number of carbonyl (C=O) groups excluding carboxylic acids is 3. The number of halogens is 1. The Bertz CT molecular complexity index is 1360. The molecule has 1 aliphatic heterocycles. The second-order valence-electron chi connectivity index (χ2n) is 9.88. The molecule has 2 fully saturated rings. The van der Waals surface area contributed by atoms with Gasteiger partial charge in [0.2, 0.25) is 11.8 Å². The van der Waals surface area contributed by atoms with Gasteiger partial charge < -0.3 is 0 Å². The van der Waals surface area contributed by atoms with E-state index in [2.05, 4.69) is 0 Å². The highest BCUT2D eigenvalue weighted by molar-refractivity contribution is 6.34. The predicted molar refractivity (Wildman–Crippen MR) is 136 cm³/mol. The van der Waals surface area contributed by atoms with Crippen molar-refractivity contribution in [3.8, 4) is 0 Å². The van der Waals surface area contributed by atoms with Crippen LogP contribution in [0.2, 0.25) is 0 Å². The number of ketones is 1. The third kappa shape index (κ3) is 2.50. The van der Waals surface area contributed by atoms with E-state index < -0.39 is 40.3 Å². The van der Waals surface area contributed by atoms with Crippen LogP contribution in [0.5, 0.6) is 0 Å². The van der Waals surface area contributed by atoms with Crippen LogP contribution in [0.1, 0.15) is 37.8 Å². The number of nitrogens with zero attached hydrogens (tertiary/aromatic N) is 1. The Balaban J connectivity index is 1.69. The van der Waals surface area contributed by atoms with Crippen molar-refractivity contribution >= 4 is 34.4 Å². The summed E-state index contributed by atoms with van der Waals surface area (Å²) in [5, 5.41) is 0. The van der Waals surface area contributed by atoms with Crippen LogP contribution in [-0.4, -0.2) is 17.6 Å². The monoisotopic (exact) mass is 479 g/mol. The van der Waals surface area contributed by atoms with Gasteiger partial charge in [-0.25, -0.2) is 9.29 Å². The van der Waals surface area contributed by atoms with Crippen LogP contribution < -0.4 is 4.90 Å². The molecule has 36 heavy (non-hydrogen) atoms. The molecular formula is C31H26FNO3. The number of hydrogen-bond donors (Lipinski definition) is 0. The summed E-state index contributed by atoms with van der Waals surface area (Å²) in [6, 6.07) is 25.3. The lowest BCUT2D eigenvalue weighted by Gasteiger charge is -2.38. The molecule has 2 bridgehead atoms. The number of fused-ring (bicyclic) bond motifs is 5. The van der Waals surface area contributed by atoms with Gasteiger partial charge in [-0.05, 0) is 47.2 Å². The molecule has 3 aliphatic rings. The number of carbonyl (C=O) groups is 3. The van der Waals surface area contributed by atoms with Crippen LogP contribution in [0.4, 0.5) is 10.1 Å². The smallest absolute Gasteiger partial charge is 0.239 e. The average molecular weight is 480 g/mol. The Morgan fingerprint density at radius 1 is 0.667 bits per heavy atom. The fraction of sp³-hybridized carbons (Fsp3) is 0.258. The zero-order valence-electron chi connectivity index (χ0n) is 20.2. The summed E-state index contributed by atoms with van der Waals surface area (Å²) in [7, 11) is 0. The minimum atomic E-state index is -1.17. The molecule has 4 atom stereocenters. The van der Waals surface area contributed by atoms with E-state index in [4.69, 9.17) is 0 Å². The maximum atomic E-state index is 14.9. The number of anilines is 1. The van der Waals surface area contributed by atoms with E-state index in [0.717, 1.165) is 27.2 Å². The van der Waals surface area contributed by atoms with E-state index in [1.54, 1.807) is 6.07 Å². The largest absolute Gasteiger partial charge is 0.298 e. The molecule has 0 unspecified atom stereocenters. The van der Waals surface area contributed by atoms with Crippen molar-refractivity contribution in [1.29, 1.82) is 0 Å². The molecule has 0 N–H and O–H groups in total. The number of allylic oxidation sites excluding steroid dienone is 2. The Morgan fingerprint density at radius 2 is 1.08 bits per heavy atom. The molecule has 0 radical (unpaired) electrons. The summed E-state index contributed by atoms with van der Waals surface area (Å²) in [4.78, 5) is 43.8. The molecule has 1 heterocycles. The Kier molecular flexibility index (Phi) is 4.91. The van der Waals surface area contributed by atoms with Gasteiger partial charge in [0, 0.05) is 0 Å². The quantitative estimate of drug-likeness (QED) is 0.426. The topological polar surface area (TPSA) is 54.5 Å². The van der Waals surface area contributed by atoms with E-state index in [1.807, 2.05) is 74.5 Å². The molecule has 180 valence electrons. The minimum Gasteiger partial charge on any atom is -0.298 e. The van der Waals surface area contributed by atoms with Crippen molar-refractivity contribution in [3.63, 3.8) is 0 Å². The summed E-state index contributed by atoms with van der Waals surface area (Å²) < 4.78 is 14.9. The van der Waals surface area contributed by atoms with Crippen molar-refractivity contribution in [2.45, 2.75) is 26.7 Å². The van der Waals surface area contributed by atoms with Gasteiger partial charge in [-0.1, -0.05) is 86.6 Å². The second kappa shape index (κ2) is 7.82.